The molecule has 2 aromatic carbocycles. The van der Waals surface area contributed by atoms with Crippen LogP contribution < -0.4 is 15.4 Å². The van der Waals surface area contributed by atoms with Crippen molar-refractivity contribution in [1.29, 1.82) is 0 Å². The number of hydrogen-bond acceptors (Lipinski definition) is 4. The zero-order chi connectivity index (χ0) is 31.8. The molecule has 0 bridgehead atoms. The lowest BCUT2D eigenvalue weighted by Gasteiger charge is -2.38. The molecule has 0 heterocycles. The fraction of sp³-hybridized carbons (Fsp3) is 0.583. The highest BCUT2D eigenvalue weighted by molar-refractivity contribution is 6.43. The number of ketones is 1. The van der Waals surface area contributed by atoms with Crippen molar-refractivity contribution in [1.82, 2.24) is 5.32 Å². The molecule has 3 unspecified atom stereocenters. The summed E-state index contributed by atoms with van der Waals surface area (Å²) >= 11 is 6.37. The lowest BCUT2D eigenvalue weighted by Crippen LogP contribution is -2.48. The number of alkyl halides is 1. The van der Waals surface area contributed by atoms with Gasteiger partial charge < -0.3 is 15.4 Å². The zero-order valence-corrected chi connectivity index (χ0v) is 27.9. The first kappa shape index (κ1) is 34.6. The van der Waals surface area contributed by atoms with Crippen LogP contribution in [0.5, 0.6) is 5.75 Å². The molecule has 1 saturated carbocycles. The topological polar surface area (TPSA) is 84.5 Å². The maximum atomic E-state index is 13.3. The van der Waals surface area contributed by atoms with Crippen LogP contribution in [0.25, 0.3) is 0 Å². The van der Waals surface area contributed by atoms with Crippen LogP contribution in [0.3, 0.4) is 0 Å². The molecule has 0 aliphatic heterocycles. The molecule has 2 aromatic rings. The van der Waals surface area contributed by atoms with Gasteiger partial charge in [-0.05, 0) is 73.1 Å². The van der Waals surface area contributed by atoms with Gasteiger partial charge in [0.25, 0.3) is 0 Å². The largest absolute Gasteiger partial charge is 0.493 e. The number of amides is 2. The molecule has 1 fully saturated rings. The van der Waals surface area contributed by atoms with Gasteiger partial charge in [-0.2, -0.15) is 0 Å². The Balaban J connectivity index is 1.53. The zero-order valence-electron chi connectivity index (χ0n) is 27.1. The molecule has 3 rings (SSSR count). The van der Waals surface area contributed by atoms with Gasteiger partial charge in [-0.15, -0.1) is 11.6 Å². The van der Waals surface area contributed by atoms with Gasteiger partial charge in [0.1, 0.15) is 5.75 Å². The second-order valence-electron chi connectivity index (χ2n) is 13.6. The quantitative estimate of drug-likeness (QED) is 0.129. The average Bonchev–Trinajstić information content (AvgIpc) is 2.99. The molecular weight excluding hydrogens is 560 g/mol. The summed E-state index contributed by atoms with van der Waals surface area (Å²) in [6.45, 7) is 15.7. The van der Waals surface area contributed by atoms with Gasteiger partial charge in [0.05, 0.1) is 6.61 Å². The predicted octanol–water partition coefficient (Wildman–Crippen LogP) is 8.10. The Morgan fingerprint density at radius 2 is 1.70 bits per heavy atom. The third-order valence-electron chi connectivity index (χ3n) is 9.50. The van der Waals surface area contributed by atoms with E-state index in [0.717, 1.165) is 31.4 Å². The van der Waals surface area contributed by atoms with Gasteiger partial charge in [0.15, 0.2) is 11.2 Å². The lowest BCUT2D eigenvalue weighted by atomic mass is 9.70. The first-order valence-corrected chi connectivity index (χ1v) is 16.3. The summed E-state index contributed by atoms with van der Waals surface area (Å²) in [4.78, 5) is 38.9. The first-order valence-electron chi connectivity index (χ1n) is 15.8. The Morgan fingerprint density at radius 3 is 2.35 bits per heavy atom. The number of halogens is 1. The Morgan fingerprint density at radius 1 is 1.02 bits per heavy atom. The van der Waals surface area contributed by atoms with E-state index in [1.165, 1.54) is 11.1 Å². The number of nitrogens with one attached hydrogen (secondary N) is 2. The summed E-state index contributed by atoms with van der Waals surface area (Å²) < 4.78 is 6.25. The molecule has 0 radical (unpaired) electrons. The van der Waals surface area contributed by atoms with Gasteiger partial charge in [-0.3, -0.25) is 14.4 Å². The SMILES string of the molecule is CCC(C)(C)c1ccc(OCCCC(=O)NC2CCCC(C)(C(=O)C(Cl)C(=O)Nc3ccccc3)C2)c(C(C)(C)CC)c1. The van der Waals surface area contributed by atoms with Crippen LogP contribution in [0.1, 0.15) is 111 Å². The number of rotatable bonds is 14. The fourth-order valence-corrected chi connectivity index (χ4v) is 6.02. The van der Waals surface area contributed by atoms with Crippen LogP contribution in [0, 0.1) is 5.41 Å². The molecule has 236 valence electrons. The second kappa shape index (κ2) is 14.7. The minimum absolute atomic E-state index is 0.0259. The second-order valence-corrected chi connectivity index (χ2v) is 14.1. The van der Waals surface area contributed by atoms with Gasteiger partial charge in [0.2, 0.25) is 11.8 Å². The van der Waals surface area contributed by atoms with Crippen LogP contribution >= 0.6 is 11.6 Å². The summed E-state index contributed by atoms with van der Waals surface area (Å²) in [5, 5.41) is 4.55. The van der Waals surface area contributed by atoms with E-state index in [9.17, 15) is 14.4 Å². The van der Waals surface area contributed by atoms with E-state index in [0.29, 0.717) is 38.0 Å². The van der Waals surface area contributed by atoms with E-state index in [2.05, 4.69) is 70.4 Å². The number of ether oxygens (including phenoxy) is 1. The molecule has 1 aliphatic carbocycles. The van der Waals surface area contributed by atoms with Crippen molar-refractivity contribution in [2.45, 2.75) is 122 Å². The molecule has 0 saturated heterocycles. The number of benzene rings is 2. The number of para-hydroxylation sites is 1. The third kappa shape index (κ3) is 9.07. The van der Waals surface area contributed by atoms with Crippen molar-refractivity contribution in [3.05, 3.63) is 59.7 Å². The summed E-state index contributed by atoms with van der Waals surface area (Å²) in [7, 11) is 0. The molecule has 0 spiro atoms. The van der Waals surface area contributed by atoms with Crippen LogP contribution in [0.15, 0.2) is 48.5 Å². The Hall–Kier alpha value is -2.86. The number of carbonyl (C=O) groups is 3. The third-order valence-corrected chi connectivity index (χ3v) is 9.90. The van der Waals surface area contributed by atoms with E-state index in [1.54, 1.807) is 24.3 Å². The molecule has 43 heavy (non-hydrogen) atoms. The van der Waals surface area contributed by atoms with Crippen molar-refractivity contribution in [3.63, 3.8) is 0 Å². The average molecular weight is 611 g/mol. The Bertz CT molecular complexity index is 1260. The number of hydrogen-bond donors (Lipinski definition) is 2. The normalized spacial score (nSPS) is 19.8. The Kier molecular flexibility index (Phi) is 11.9. The van der Waals surface area contributed by atoms with E-state index in [-0.39, 0.29) is 28.6 Å². The smallest absolute Gasteiger partial charge is 0.250 e. The first-order chi connectivity index (χ1) is 20.2. The maximum absolute atomic E-state index is 13.3. The predicted molar refractivity (Wildman–Crippen MR) is 176 cm³/mol. The van der Waals surface area contributed by atoms with Crippen molar-refractivity contribution in [3.8, 4) is 5.75 Å². The minimum Gasteiger partial charge on any atom is -0.493 e. The van der Waals surface area contributed by atoms with Gasteiger partial charge in [-0.25, -0.2) is 0 Å². The number of Topliss-reactive ketones (excluding diaryl/α,β-unsaturated/α-hetero) is 1. The molecule has 0 aromatic heterocycles. The van der Waals surface area contributed by atoms with E-state index >= 15 is 0 Å². The van der Waals surface area contributed by atoms with Crippen LogP contribution in [-0.2, 0) is 25.2 Å². The Labute approximate surface area is 263 Å². The molecule has 2 amide bonds. The minimum atomic E-state index is -1.29. The number of anilines is 1. The highest BCUT2D eigenvalue weighted by Crippen LogP contribution is 2.40. The van der Waals surface area contributed by atoms with E-state index in [4.69, 9.17) is 16.3 Å². The van der Waals surface area contributed by atoms with Crippen molar-refractivity contribution >= 4 is 34.9 Å². The lowest BCUT2D eigenvalue weighted by molar-refractivity contribution is -0.134. The molecule has 7 heteroatoms. The van der Waals surface area contributed by atoms with E-state index < -0.39 is 16.7 Å². The fourth-order valence-electron chi connectivity index (χ4n) is 5.70. The highest BCUT2D eigenvalue weighted by Gasteiger charge is 2.43. The number of carbonyl (C=O) groups excluding carboxylic acids is 3. The van der Waals surface area contributed by atoms with Crippen molar-refractivity contribution < 1.29 is 19.1 Å². The van der Waals surface area contributed by atoms with Crippen molar-refractivity contribution in [2.24, 2.45) is 5.41 Å². The standard InChI is InChI=1S/C36H51ClN2O4/c1-8-34(3,4)25-19-20-29(28(23-25)35(5,6)9-2)43-22-14-18-30(40)38-27-17-13-21-36(7,24-27)32(41)31(37)33(42)39-26-15-11-10-12-16-26/h10-12,15-16,19-20,23,27,31H,8-9,13-14,17-18,21-22,24H2,1-7H3,(H,38,40)(H,39,42). The maximum Gasteiger partial charge on any atom is 0.250 e. The molecule has 3 atom stereocenters. The summed E-state index contributed by atoms with van der Waals surface area (Å²) in [6, 6.07) is 15.4. The van der Waals surface area contributed by atoms with Crippen LogP contribution in [0.4, 0.5) is 5.69 Å². The molecular formula is C36H51ClN2O4. The molecule has 2 N–H and O–H groups in total. The summed E-state index contributed by atoms with van der Waals surface area (Å²) in [5.41, 5.74) is 2.40. The van der Waals surface area contributed by atoms with Gasteiger partial charge in [0, 0.05) is 29.1 Å². The molecule has 6 nitrogen and oxygen atoms in total. The van der Waals surface area contributed by atoms with Gasteiger partial charge >= 0.3 is 0 Å². The van der Waals surface area contributed by atoms with Gasteiger partial charge in [-0.1, -0.05) is 85.2 Å². The van der Waals surface area contributed by atoms with Crippen molar-refractivity contribution in [2.75, 3.05) is 11.9 Å². The summed E-state index contributed by atoms with van der Waals surface area (Å²) in [6.07, 6.45) is 5.65. The van der Waals surface area contributed by atoms with E-state index in [1.807, 2.05) is 13.0 Å². The highest BCUT2D eigenvalue weighted by atomic mass is 35.5. The monoisotopic (exact) mass is 610 g/mol. The van der Waals surface area contributed by atoms with Crippen LogP contribution in [-0.4, -0.2) is 35.6 Å². The summed E-state index contributed by atoms with van der Waals surface area (Å²) in [5.74, 6) is 0.00800. The van der Waals surface area contributed by atoms with Crippen LogP contribution in [0.2, 0.25) is 0 Å². The molecule has 1 aliphatic rings.